The minimum absolute atomic E-state index is 0.118. The molecule has 3 aromatic rings. The predicted octanol–water partition coefficient (Wildman–Crippen LogP) is 4.16. The molecule has 180 valence electrons. The molecule has 2 fully saturated rings. The van der Waals surface area contributed by atoms with Gasteiger partial charge in [0.1, 0.15) is 5.82 Å². The fourth-order valence-corrected chi connectivity index (χ4v) is 5.44. The van der Waals surface area contributed by atoms with Crippen molar-refractivity contribution in [3.63, 3.8) is 0 Å². The molecule has 0 bridgehead atoms. The van der Waals surface area contributed by atoms with Crippen LogP contribution in [-0.2, 0) is 9.59 Å². The van der Waals surface area contributed by atoms with Gasteiger partial charge in [-0.3, -0.25) is 19.3 Å². The van der Waals surface area contributed by atoms with Crippen molar-refractivity contribution in [1.82, 2.24) is 9.80 Å². The predicted molar refractivity (Wildman–Crippen MR) is 129 cm³/mol. The lowest BCUT2D eigenvalue weighted by molar-refractivity contribution is -0.144. The maximum Gasteiger partial charge on any atom is 0.309 e. The van der Waals surface area contributed by atoms with Gasteiger partial charge in [-0.05, 0) is 66.4 Å². The highest BCUT2D eigenvalue weighted by Crippen LogP contribution is 2.32. The van der Waals surface area contributed by atoms with E-state index in [4.69, 9.17) is 0 Å². The van der Waals surface area contributed by atoms with Crippen LogP contribution < -0.4 is 0 Å². The molecule has 0 spiro atoms. The van der Waals surface area contributed by atoms with E-state index in [1.807, 2.05) is 42.5 Å². The van der Waals surface area contributed by atoms with Crippen molar-refractivity contribution in [3.05, 3.63) is 83.7 Å². The van der Waals surface area contributed by atoms with Crippen LogP contribution in [0.15, 0.2) is 66.7 Å². The third-order valence-electron chi connectivity index (χ3n) is 7.41. The van der Waals surface area contributed by atoms with Gasteiger partial charge in [-0.2, -0.15) is 0 Å². The van der Waals surface area contributed by atoms with Crippen LogP contribution in [0.2, 0.25) is 0 Å². The summed E-state index contributed by atoms with van der Waals surface area (Å²) in [7, 11) is 0. The Labute approximate surface area is 203 Å². The van der Waals surface area contributed by atoms with Crippen LogP contribution in [0.4, 0.5) is 4.39 Å². The van der Waals surface area contributed by atoms with Gasteiger partial charge < -0.3 is 10.0 Å². The molecule has 2 aliphatic rings. The van der Waals surface area contributed by atoms with Crippen molar-refractivity contribution < 1.29 is 23.9 Å². The summed E-state index contributed by atoms with van der Waals surface area (Å²) in [6.07, 6.45) is 1.70. The zero-order valence-corrected chi connectivity index (χ0v) is 19.3. The molecule has 2 amide bonds. The number of piperidine rings is 1. The van der Waals surface area contributed by atoms with Gasteiger partial charge in [0.2, 0.25) is 5.91 Å². The van der Waals surface area contributed by atoms with E-state index in [1.165, 1.54) is 12.1 Å². The molecule has 1 N–H and O–H groups in total. The number of likely N-dealkylation sites (tertiary alicyclic amines) is 2. The lowest BCUT2D eigenvalue weighted by Gasteiger charge is -2.33. The van der Waals surface area contributed by atoms with Crippen molar-refractivity contribution in [1.29, 1.82) is 0 Å². The Kier molecular flexibility index (Phi) is 6.34. The smallest absolute Gasteiger partial charge is 0.309 e. The third-order valence-corrected chi connectivity index (χ3v) is 7.41. The van der Waals surface area contributed by atoms with E-state index < -0.39 is 29.6 Å². The Balaban J connectivity index is 1.30. The molecule has 0 radical (unpaired) electrons. The number of hydrogen-bond donors (Lipinski definition) is 1. The molecule has 0 aromatic heterocycles. The Morgan fingerprint density at radius 3 is 2.34 bits per heavy atom. The molecule has 3 aromatic carbocycles. The van der Waals surface area contributed by atoms with Gasteiger partial charge in [-0.25, -0.2) is 4.39 Å². The number of benzene rings is 3. The molecule has 35 heavy (non-hydrogen) atoms. The number of rotatable bonds is 5. The molecule has 0 saturated carbocycles. The largest absolute Gasteiger partial charge is 0.481 e. The number of carboxylic acid groups (broad SMARTS) is 1. The summed E-state index contributed by atoms with van der Waals surface area (Å²) < 4.78 is 13.2. The number of carbonyl (C=O) groups excluding carboxylic acids is 2. The highest BCUT2D eigenvalue weighted by Gasteiger charge is 2.47. The molecular weight excluding hydrogens is 447 g/mol. The van der Waals surface area contributed by atoms with E-state index in [-0.39, 0.29) is 12.4 Å². The summed E-state index contributed by atoms with van der Waals surface area (Å²) >= 11 is 0. The summed E-state index contributed by atoms with van der Waals surface area (Å²) in [4.78, 5) is 42.0. The maximum absolute atomic E-state index is 13.4. The molecule has 2 unspecified atom stereocenters. The minimum Gasteiger partial charge on any atom is -0.481 e. The number of nitrogens with zero attached hydrogens (tertiary/aromatic N) is 2. The monoisotopic (exact) mass is 474 g/mol. The molecule has 7 heteroatoms. The van der Waals surface area contributed by atoms with Crippen molar-refractivity contribution in [2.75, 3.05) is 26.2 Å². The highest BCUT2D eigenvalue weighted by atomic mass is 19.1. The Morgan fingerprint density at radius 1 is 0.943 bits per heavy atom. The second kappa shape index (κ2) is 9.58. The summed E-state index contributed by atoms with van der Waals surface area (Å²) in [6, 6.07) is 19.4. The number of carbonyl (C=O) groups is 3. The van der Waals surface area contributed by atoms with E-state index in [9.17, 15) is 23.9 Å². The number of halogens is 1. The van der Waals surface area contributed by atoms with Crippen LogP contribution in [0.3, 0.4) is 0 Å². The van der Waals surface area contributed by atoms with E-state index in [0.29, 0.717) is 18.0 Å². The quantitative estimate of drug-likeness (QED) is 0.562. The van der Waals surface area contributed by atoms with E-state index in [2.05, 4.69) is 4.90 Å². The fraction of sp³-hybridized carbons (Fsp3) is 0.321. The van der Waals surface area contributed by atoms with Crippen LogP contribution in [0.5, 0.6) is 0 Å². The minimum atomic E-state index is -1.06. The third kappa shape index (κ3) is 4.56. The summed E-state index contributed by atoms with van der Waals surface area (Å²) in [5.74, 6) is -3.58. The summed E-state index contributed by atoms with van der Waals surface area (Å²) in [6.45, 7) is 1.63. The second-order valence-corrected chi connectivity index (χ2v) is 9.46. The van der Waals surface area contributed by atoms with Crippen molar-refractivity contribution in [3.8, 4) is 0 Å². The lowest BCUT2D eigenvalue weighted by Crippen LogP contribution is -2.41. The van der Waals surface area contributed by atoms with Crippen molar-refractivity contribution in [2.24, 2.45) is 11.8 Å². The zero-order chi connectivity index (χ0) is 24.5. The maximum atomic E-state index is 13.4. The van der Waals surface area contributed by atoms with E-state index in [1.54, 1.807) is 12.1 Å². The average molecular weight is 475 g/mol. The SMILES string of the molecule is O=C(O)C1CN(C(=O)c2cccc3ccccc23)C(=O)C1CN1CCC(c2ccc(F)cc2)CC1. The second-order valence-electron chi connectivity index (χ2n) is 9.46. The highest BCUT2D eigenvalue weighted by molar-refractivity contribution is 6.13. The van der Waals surface area contributed by atoms with Gasteiger partial charge in [0.15, 0.2) is 0 Å². The molecule has 2 saturated heterocycles. The number of carboxylic acids is 1. The van der Waals surface area contributed by atoms with Gasteiger partial charge in [-0.15, -0.1) is 0 Å². The lowest BCUT2D eigenvalue weighted by atomic mass is 9.88. The first kappa shape index (κ1) is 23.2. The molecule has 0 aliphatic carbocycles. The van der Waals surface area contributed by atoms with E-state index >= 15 is 0 Å². The number of fused-ring (bicyclic) bond motifs is 1. The van der Waals surface area contributed by atoms with Crippen LogP contribution >= 0.6 is 0 Å². The Hall–Kier alpha value is -3.58. The number of aliphatic carboxylic acids is 1. The van der Waals surface area contributed by atoms with Gasteiger partial charge in [0, 0.05) is 18.7 Å². The van der Waals surface area contributed by atoms with Gasteiger partial charge in [0.05, 0.1) is 11.8 Å². The first-order chi connectivity index (χ1) is 16.9. The van der Waals surface area contributed by atoms with Gasteiger partial charge in [0.25, 0.3) is 5.91 Å². The van der Waals surface area contributed by atoms with Crippen LogP contribution in [0.1, 0.15) is 34.7 Å². The van der Waals surface area contributed by atoms with Gasteiger partial charge in [-0.1, -0.05) is 48.5 Å². The molecule has 2 heterocycles. The van der Waals surface area contributed by atoms with Gasteiger partial charge >= 0.3 is 5.97 Å². The zero-order valence-electron chi connectivity index (χ0n) is 19.3. The number of hydrogen-bond acceptors (Lipinski definition) is 4. The van der Waals surface area contributed by atoms with E-state index in [0.717, 1.165) is 47.2 Å². The van der Waals surface area contributed by atoms with Crippen molar-refractivity contribution in [2.45, 2.75) is 18.8 Å². The summed E-state index contributed by atoms with van der Waals surface area (Å²) in [5, 5.41) is 11.5. The average Bonchev–Trinajstić information content (AvgIpc) is 3.20. The van der Waals surface area contributed by atoms with Crippen LogP contribution in [0.25, 0.3) is 10.8 Å². The van der Waals surface area contributed by atoms with Crippen molar-refractivity contribution >= 4 is 28.6 Å². The molecule has 2 atom stereocenters. The molecule has 6 nitrogen and oxygen atoms in total. The molecule has 2 aliphatic heterocycles. The normalized spacial score (nSPS) is 21.5. The number of imide groups is 1. The topological polar surface area (TPSA) is 77.9 Å². The molecule has 5 rings (SSSR count). The van der Waals surface area contributed by atoms with Crippen LogP contribution in [0, 0.1) is 17.7 Å². The fourth-order valence-electron chi connectivity index (χ4n) is 5.44. The standard InChI is InChI=1S/C28H27FN2O4/c29-21-10-8-18(9-11-21)19-12-14-30(15-13-19)16-24-25(28(34)35)17-31(27(24)33)26(32)23-7-3-5-20-4-1-2-6-22(20)23/h1-11,19,24-25H,12-17H2,(H,34,35). The summed E-state index contributed by atoms with van der Waals surface area (Å²) in [5.41, 5.74) is 1.50. The Bertz CT molecular complexity index is 1260. The molecular formula is C28H27FN2O4. The van der Waals surface area contributed by atoms with Crippen LogP contribution in [-0.4, -0.2) is 58.9 Å². The first-order valence-corrected chi connectivity index (χ1v) is 12.0. The Morgan fingerprint density at radius 2 is 1.63 bits per heavy atom. The number of amides is 2. The first-order valence-electron chi connectivity index (χ1n) is 12.0.